The van der Waals surface area contributed by atoms with Crippen molar-refractivity contribution in [2.75, 3.05) is 0 Å². The van der Waals surface area contributed by atoms with Crippen LogP contribution >= 0.6 is 11.6 Å². The van der Waals surface area contributed by atoms with Gasteiger partial charge in [0.25, 0.3) is 0 Å². The third-order valence-electron chi connectivity index (χ3n) is 3.48. The average molecular weight is 275 g/mol. The normalized spacial score (nSPS) is 14.1. The first-order chi connectivity index (χ1) is 9.11. The van der Waals surface area contributed by atoms with Crippen molar-refractivity contribution in [2.45, 2.75) is 31.8 Å². The highest BCUT2D eigenvalue weighted by molar-refractivity contribution is 6.30. The number of rotatable bonds is 5. The molecule has 0 aromatic heterocycles. The van der Waals surface area contributed by atoms with E-state index in [0.717, 1.165) is 17.0 Å². The second-order valence-corrected chi connectivity index (χ2v) is 5.48. The summed E-state index contributed by atoms with van der Waals surface area (Å²) in [5, 5.41) is 11.5. The zero-order valence-electron chi connectivity index (χ0n) is 11.1. The minimum absolute atomic E-state index is 0.648. The van der Waals surface area contributed by atoms with Crippen LogP contribution in [0, 0.1) is 0 Å². The van der Waals surface area contributed by atoms with Crippen molar-refractivity contribution in [1.29, 1.82) is 0 Å². The summed E-state index contributed by atoms with van der Waals surface area (Å²) in [4.78, 5) is 0. The molecule has 0 bridgehead atoms. The standard InChI is InChI=1S/C17H19ClO/c1-2-17(19,12-14-6-4-3-5-7-14)13-15-8-10-16(18)11-9-15/h3-11,19H,2,12-13H2,1H3. The van der Waals surface area contributed by atoms with Crippen molar-refractivity contribution < 1.29 is 5.11 Å². The molecule has 2 heteroatoms. The lowest BCUT2D eigenvalue weighted by atomic mass is 9.86. The van der Waals surface area contributed by atoms with Crippen LogP contribution in [-0.4, -0.2) is 10.7 Å². The fourth-order valence-corrected chi connectivity index (χ4v) is 2.40. The van der Waals surface area contributed by atoms with Crippen molar-refractivity contribution in [2.24, 2.45) is 0 Å². The van der Waals surface area contributed by atoms with Crippen LogP contribution in [0.4, 0.5) is 0 Å². The van der Waals surface area contributed by atoms with E-state index >= 15 is 0 Å². The molecule has 0 aliphatic heterocycles. The summed E-state index contributed by atoms with van der Waals surface area (Å²) in [6.45, 7) is 2.03. The molecule has 2 aromatic carbocycles. The van der Waals surface area contributed by atoms with Gasteiger partial charge in [-0.25, -0.2) is 0 Å². The molecule has 19 heavy (non-hydrogen) atoms. The van der Waals surface area contributed by atoms with Gasteiger partial charge in [0.2, 0.25) is 0 Å². The molecule has 0 amide bonds. The smallest absolute Gasteiger partial charge is 0.0725 e. The van der Waals surface area contributed by atoms with E-state index in [9.17, 15) is 5.11 Å². The fourth-order valence-electron chi connectivity index (χ4n) is 2.27. The second-order valence-electron chi connectivity index (χ2n) is 5.04. The molecule has 0 fully saturated rings. The molecule has 0 saturated carbocycles. The van der Waals surface area contributed by atoms with Gasteiger partial charge in [0, 0.05) is 17.9 Å². The molecule has 1 unspecified atom stereocenters. The monoisotopic (exact) mass is 274 g/mol. The van der Waals surface area contributed by atoms with Gasteiger partial charge < -0.3 is 5.11 Å². The van der Waals surface area contributed by atoms with Crippen molar-refractivity contribution >= 4 is 11.6 Å². The third-order valence-corrected chi connectivity index (χ3v) is 3.73. The van der Waals surface area contributed by atoms with E-state index in [1.54, 1.807) is 0 Å². The summed E-state index contributed by atoms with van der Waals surface area (Å²) in [5.74, 6) is 0. The summed E-state index contributed by atoms with van der Waals surface area (Å²) in [6, 6.07) is 17.8. The number of hydrogen-bond acceptors (Lipinski definition) is 1. The Morgan fingerprint density at radius 1 is 0.895 bits per heavy atom. The first-order valence-corrected chi connectivity index (χ1v) is 7.00. The highest BCUT2D eigenvalue weighted by Crippen LogP contribution is 2.23. The molecule has 0 saturated heterocycles. The lowest BCUT2D eigenvalue weighted by molar-refractivity contribution is 0.0368. The van der Waals surface area contributed by atoms with E-state index in [4.69, 9.17) is 11.6 Å². The van der Waals surface area contributed by atoms with Gasteiger partial charge in [0.15, 0.2) is 0 Å². The Hall–Kier alpha value is -1.31. The minimum Gasteiger partial charge on any atom is -0.389 e. The molecule has 1 N–H and O–H groups in total. The quantitative estimate of drug-likeness (QED) is 0.863. The summed E-state index contributed by atoms with van der Waals surface area (Å²) in [7, 11) is 0. The molecule has 0 spiro atoms. The van der Waals surface area contributed by atoms with Crippen LogP contribution in [0.2, 0.25) is 5.02 Å². The maximum absolute atomic E-state index is 10.8. The summed E-state index contributed by atoms with van der Waals surface area (Å²) in [6.07, 6.45) is 2.05. The van der Waals surface area contributed by atoms with Crippen molar-refractivity contribution in [3.8, 4) is 0 Å². The highest BCUT2D eigenvalue weighted by atomic mass is 35.5. The zero-order chi connectivity index (χ0) is 13.7. The summed E-state index contributed by atoms with van der Waals surface area (Å²) in [5.41, 5.74) is 1.58. The molecule has 0 aliphatic rings. The maximum Gasteiger partial charge on any atom is 0.0725 e. The van der Waals surface area contributed by atoms with Crippen LogP contribution in [0.5, 0.6) is 0 Å². The number of halogens is 1. The van der Waals surface area contributed by atoms with E-state index in [0.29, 0.717) is 12.8 Å². The third kappa shape index (κ3) is 4.09. The largest absolute Gasteiger partial charge is 0.389 e. The molecule has 0 heterocycles. The van der Waals surface area contributed by atoms with Gasteiger partial charge in [-0.1, -0.05) is 61.0 Å². The second kappa shape index (κ2) is 6.23. The molecular weight excluding hydrogens is 256 g/mol. The Morgan fingerprint density at radius 2 is 1.42 bits per heavy atom. The van der Waals surface area contributed by atoms with Gasteiger partial charge in [-0.15, -0.1) is 0 Å². The van der Waals surface area contributed by atoms with Crippen LogP contribution in [0.25, 0.3) is 0 Å². The van der Waals surface area contributed by atoms with Crippen LogP contribution in [0.15, 0.2) is 54.6 Å². The molecular formula is C17H19ClO. The lowest BCUT2D eigenvalue weighted by Gasteiger charge is -2.27. The minimum atomic E-state index is -0.699. The van der Waals surface area contributed by atoms with Crippen molar-refractivity contribution in [3.05, 3.63) is 70.7 Å². The number of hydrogen-bond donors (Lipinski definition) is 1. The number of aliphatic hydroxyl groups is 1. The molecule has 1 atom stereocenters. The molecule has 1 nitrogen and oxygen atoms in total. The molecule has 0 radical (unpaired) electrons. The van der Waals surface area contributed by atoms with E-state index in [1.807, 2.05) is 49.4 Å². The Kier molecular flexibility index (Phi) is 4.62. The Morgan fingerprint density at radius 3 is 1.95 bits per heavy atom. The van der Waals surface area contributed by atoms with E-state index in [2.05, 4.69) is 12.1 Å². The van der Waals surface area contributed by atoms with Gasteiger partial charge in [-0.3, -0.25) is 0 Å². The zero-order valence-corrected chi connectivity index (χ0v) is 11.9. The predicted octanol–water partition coefficient (Wildman–Crippen LogP) is 4.27. The molecule has 2 rings (SSSR count). The number of benzene rings is 2. The van der Waals surface area contributed by atoms with Gasteiger partial charge >= 0.3 is 0 Å². The Labute approximate surface area is 119 Å². The first-order valence-electron chi connectivity index (χ1n) is 6.62. The molecule has 0 aliphatic carbocycles. The lowest BCUT2D eigenvalue weighted by Crippen LogP contribution is -2.33. The van der Waals surface area contributed by atoms with Crippen LogP contribution < -0.4 is 0 Å². The van der Waals surface area contributed by atoms with Crippen molar-refractivity contribution in [1.82, 2.24) is 0 Å². The van der Waals surface area contributed by atoms with Crippen LogP contribution in [0.1, 0.15) is 24.5 Å². The summed E-state index contributed by atoms with van der Waals surface area (Å²) < 4.78 is 0. The van der Waals surface area contributed by atoms with Gasteiger partial charge in [-0.2, -0.15) is 0 Å². The first kappa shape index (κ1) is 14.1. The van der Waals surface area contributed by atoms with Crippen LogP contribution in [0.3, 0.4) is 0 Å². The van der Waals surface area contributed by atoms with Crippen LogP contribution in [-0.2, 0) is 12.8 Å². The predicted molar refractivity (Wildman–Crippen MR) is 80.5 cm³/mol. The van der Waals surface area contributed by atoms with Gasteiger partial charge in [-0.05, 0) is 29.7 Å². The highest BCUT2D eigenvalue weighted by Gasteiger charge is 2.25. The maximum atomic E-state index is 10.8. The van der Waals surface area contributed by atoms with E-state index in [1.165, 1.54) is 5.56 Å². The fraction of sp³-hybridized carbons (Fsp3) is 0.294. The Bertz CT molecular complexity index is 507. The SMILES string of the molecule is CCC(O)(Cc1ccccc1)Cc1ccc(Cl)cc1. The average Bonchev–Trinajstić information content (AvgIpc) is 2.42. The topological polar surface area (TPSA) is 20.2 Å². The Balaban J connectivity index is 2.11. The molecule has 2 aromatic rings. The van der Waals surface area contributed by atoms with E-state index in [-0.39, 0.29) is 0 Å². The molecule has 100 valence electrons. The van der Waals surface area contributed by atoms with Crippen molar-refractivity contribution in [3.63, 3.8) is 0 Å². The summed E-state index contributed by atoms with van der Waals surface area (Å²) >= 11 is 5.88. The van der Waals surface area contributed by atoms with Gasteiger partial charge in [0.05, 0.1) is 5.60 Å². The van der Waals surface area contributed by atoms with E-state index < -0.39 is 5.60 Å². The van der Waals surface area contributed by atoms with Gasteiger partial charge in [0.1, 0.15) is 0 Å².